The lowest BCUT2D eigenvalue weighted by Crippen LogP contribution is -2.07. The van der Waals surface area contributed by atoms with Gasteiger partial charge in [-0.2, -0.15) is 13.2 Å². The summed E-state index contributed by atoms with van der Waals surface area (Å²) in [6.45, 7) is 0. The number of ether oxygens (including phenoxy) is 2. The predicted molar refractivity (Wildman–Crippen MR) is 89.6 cm³/mol. The van der Waals surface area contributed by atoms with E-state index in [4.69, 9.17) is 9.47 Å². The minimum atomic E-state index is -4.47. The van der Waals surface area contributed by atoms with Gasteiger partial charge in [0.15, 0.2) is 0 Å². The molecule has 7 heteroatoms. The summed E-state index contributed by atoms with van der Waals surface area (Å²) in [5, 5.41) is 3.47. The summed E-state index contributed by atoms with van der Waals surface area (Å²) in [5.74, 6) is 1.13. The Morgan fingerprint density at radius 2 is 1.76 bits per heavy atom. The molecule has 1 heterocycles. The number of nitrogens with one attached hydrogen (secondary N) is 1. The number of pyridine rings is 1. The highest BCUT2D eigenvalue weighted by Gasteiger charge is 2.33. The van der Waals surface area contributed by atoms with Crippen LogP contribution in [0, 0.1) is 0 Å². The minimum Gasteiger partial charge on any atom is -0.497 e. The Morgan fingerprint density at radius 3 is 2.44 bits per heavy atom. The van der Waals surface area contributed by atoms with E-state index in [1.807, 2.05) is 0 Å². The maximum atomic E-state index is 13.2. The van der Waals surface area contributed by atoms with Crippen LogP contribution < -0.4 is 14.8 Å². The van der Waals surface area contributed by atoms with Crippen molar-refractivity contribution in [2.24, 2.45) is 0 Å². The molecule has 25 heavy (non-hydrogen) atoms. The van der Waals surface area contributed by atoms with Gasteiger partial charge in [-0.15, -0.1) is 0 Å². The van der Waals surface area contributed by atoms with E-state index in [1.165, 1.54) is 26.5 Å². The van der Waals surface area contributed by atoms with Crippen LogP contribution in [-0.4, -0.2) is 19.2 Å². The average molecular weight is 348 g/mol. The second-order valence-corrected chi connectivity index (χ2v) is 5.25. The summed E-state index contributed by atoms with van der Waals surface area (Å²) in [7, 11) is 3.04. The van der Waals surface area contributed by atoms with Gasteiger partial charge in [0, 0.05) is 23.3 Å². The number of hydrogen-bond acceptors (Lipinski definition) is 4. The van der Waals surface area contributed by atoms with Crippen molar-refractivity contribution >= 4 is 22.3 Å². The first-order valence-electron chi connectivity index (χ1n) is 7.38. The van der Waals surface area contributed by atoms with Crippen LogP contribution in [0.5, 0.6) is 11.5 Å². The Balaban J connectivity index is 2.12. The molecule has 1 N–H and O–H groups in total. The van der Waals surface area contributed by atoms with Crippen LogP contribution in [0.15, 0.2) is 48.7 Å². The van der Waals surface area contributed by atoms with Crippen molar-refractivity contribution in [1.82, 2.24) is 4.98 Å². The quantitative estimate of drug-likeness (QED) is 0.719. The number of rotatable bonds is 4. The SMILES string of the molecule is COc1ccc(OC)c(Nc2ccnc3c(C(F)(F)F)cccc23)c1. The lowest BCUT2D eigenvalue weighted by molar-refractivity contribution is -0.136. The van der Waals surface area contributed by atoms with Gasteiger partial charge in [0.05, 0.1) is 31.0 Å². The summed E-state index contributed by atoms with van der Waals surface area (Å²) >= 11 is 0. The number of nitrogens with zero attached hydrogens (tertiary/aromatic N) is 1. The first kappa shape index (κ1) is 16.9. The topological polar surface area (TPSA) is 43.4 Å². The molecule has 0 aliphatic carbocycles. The Kier molecular flexibility index (Phi) is 4.39. The fourth-order valence-corrected chi connectivity index (χ4v) is 2.57. The van der Waals surface area contributed by atoms with Gasteiger partial charge in [-0.1, -0.05) is 12.1 Å². The van der Waals surface area contributed by atoms with Crippen molar-refractivity contribution in [2.75, 3.05) is 19.5 Å². The molecule has 130 valence electrons. The highest BCUT2D eigenvalue weighted by atomic mass is 19.4. The molecule has 0 spiro atoms. The second-order valence-electron chi connectivity index (χ2n) is 5.25. The molecule has 0 aliphatic rings. The average Bonchev–Trinajstić information content (AvgIpc) is 2.60. The third-order valence-corrected chi connectivity index (χ3v) is 3.75. The van der Waals surface area contributed by atoms with Gasteiger partial charge in [0.1, 0.15) is 11.5 Å². The molecular formula is C18H15F3N2O2. The van der Waals surface area contributed by atoms with Crippen molar-refractivity contribution in [1.29, 1.82) is 0 Å². The third-order valence-electron chi connectivity index (χ3n) is 3.75. The van der Waals surface area contributed by atoms with Gasteiger partial charge in [0.25, 0.3) is 0 Å². The molecule has 3 aromatic rings. The van der Waals surface area contributed by atoms with Gasteiger partial charge in [-0.25, -0.2) is 0 Å². The number of para-hydroxylation sites is 1. The first-order chi connectivity index (χ1) is 11.9. The Bertz CT molecular complexity index is 910. The molecule has 4 nitrogen and oxygen atoms in total. The van der Waals surface area contributed by atoms with Crippen LogP contribution in [0.1, 0.15) is 5.56 Å². The van der Waals surface area contributed by atoms with E-state index >= 15 is 0 Å². The van der Waals surface area contributed by atoms with Crippen LogP contribution in [0.4, 0.5) is 24.5 Å². The number of fused-ring (bicyclic) bond motifs is 1. The van der Waals surface area contributed by atoms with E-state index in [9.17, 15) is 13.2 Å². The molecule has 0 atom stereocenters. The maximum absolute atomic E-state index is 13.2. The van der Waals surface area contributed by atoms with E-state index in [-0.39, 0.29) is 5.52 Å². The molecular weight excluding hydrogens is 333 g/mol. The number of hydrogen-bond donors (Lipinski definition) is 1. The summed E-state index contributed by atoms with van der Waals surface area (Å²) in [4.78, 5) is 3.91. The van der Waals surface area contributed by atoms with Crippen molar-refractivity contribution in [3.8, 4) is 11.5 Å². The number of anilines is 2. The van der Waals surface area contributed by atoms with E-state index in [1.54, 1.807) is 30.3 Å². The second kappa shape index (κ2) is 6.51. The Hall–Kier alpha value is -2.96. The van der Waals surface area contributed by atoms with E-state index < -0.39 is 11.7 Å². The lowest BCUT2D eigenvalue weighted by Gasteiger charge is -2.15. The molecule has 0 saturated heterocycles. The number of halogens is 3. The van der Waals surface area contributed by atoms with Gasteiger partial charge < -0.3 is 14.8 Å². The Labute approximate surface area is 142 Å². The molecule has 0 unspecified atom stereocenters. The fraction of sp³-hybridized carbons (Fsp3) is 0.167. The standard InChI is InChI=1S/C18H15F3N2O2/c1-24-11-6-7-16(25-2)15(10-11)23-14-8-9-22-17-12(14)4-3-5-13(17)18(19,20)21/h3-10H,1-2H3,(H,22,23). The lowest BCUT2D eigenvalue weighted by atomic mass is 10.1. The third kappa shape index (κ3) is 3.31. The zero-order valence-electron chi connectivity index (χ0n) is 13.5. The molecule has 3 rings (SSSR count). The van der Waals surface area contributed by atoms with Crippen molar-refractivity contribution in [2.45, 2.75) is 6.18 Å². The predicted octanol–water partition coefficient (Wildman–Crippen LogP) is 5.01. The number of methoxy groups -OCH3 is 2. The van der Waals surface area contributed by atoms with Crippen LogP contribution in [0.3, 0.4) is 0 Å². The Morgan fingerprint density at radius 1 is 0.960 bits per heavy atom. The number of benzene rings is 2. The van der Waals surface area contributed by atoms with Crippen LogP contribution >= 0.6 is 0 Å². The zero-order chi connectivity index (χ0) is 18.0. The van der Waals surface area contributed by atoms with Crippen molar-refractivity contribution in [3.63, 3.8) is 0 Å². The van der Waals surface area contributed by atoms with Crippen LogP contribution in [0.2, 0.25) is 0 Å². The minimum absolute atomic E-state index is 0.109. The van der Waals surface area contributed by atoms with Crippen molar-refractivity contribution in [3.05, 3.63) is 54.2 Å². The van der Waals surface area contributed by atoms with E-state index in [0.29, 0.717) is 28.3 Å². The first-order valence-corrected chi connectivity index (χ1v) is 7.38. The number of aromatic nitrogens is 1. The number of alkyl halides is 3. The van der Waals surface area contributed by atoms with Crippen LogP contribution in [0.25, 0.3) is 10.9 Å². The van der Waals surface area contributed by atoms with Gasteiger partial charge in [-0.3, -0.25) is 4.98 Å². The van der Waals surface area contributed by atoms with Crippen molar-refractivity contribution < 1.29 is 22.6 Å². The highest BCUT2D eigenvalue weighted by Crippen LogP contribution is 2.38. The largest absolute Gasteiger partial charge is 0.497 e. The highest BCUT2D eigenvalue weighted by molar-refractivity contribution is 5.95. The zero-order valence-corrected chi connectivity index (χ0v) is 13.5. The molecule has 0 amide bonds. The molecule has 2 aromatic carbocycles. The molecule has 0 aliphatic heterocycles. The van der Waals surface area contributed by atoms with Gasteiger partial charge >= 0.3 is 6.18 Å². The smallest absolute Gasteiger partial charge is 0.418 e. The normalized spacial score (nSPS) is 11.4. The molecule has 0 bridgehead atoms. The van der Waals surface area contributed by atoms with E-state index in [2.05, 4.69) is 10.3 Å². The van der Waals surface area contributed by atoms with Gasteiger partial charge in [0.2, 0.25) is 0 Å². The summed E-state index contributed by atoms with van der Waals surface area (Å²) < 4.78 is 50.1. The molecule has 0 saturated carbocycles. The monoisotopic (exact) mass is 348 g/mol. The summed E-state index contributed by atoms with van der Waals surface area (Å²) in [6, 6.07) is 10.7. The van der Waals surface area contributed by atoms with Crippen LogP contribution in [-0.2, 0) is 6.18 Å². The van der Waals surface area contributed by atoms with E-state index in [0.717, 1.165) is 6.07 Å². The fourth-order valence-electron chi connectivity index (χ4n) is 2.57. The maximum Gasteiger partial charge on any atom is 0.418 e. The summed E-state index contributed by atoms with van der Waals surface area (Å²) in [6.07, 6.45) is -3.13. The molecule has 1 aromatic heterocycles. The molecule has 0 radical (unpaired) electrons. The summed E-state index contributed by atoms with van der Waals surface area (Å²) in [5.41, 5.74) is 0.183. The van der Waals surface area contributed by atoms with Gasteiger partial charge in [-0.05, 0) is 24.3 Å². The molecule has 0 fully saturated rings.